The molecule has 6 nitrogen and oxygen atoms in total. The van der Waals surface area contributed by atoms with Crippen LogP contribution in [0.3, 0.4) is 0 Å². The van der Waals surface area contributed by atoms with Gasteiger partial charge in [0.05, 0.1) is 20.9 Å². The van der Waals surface area contributed by atoms with Gasteiger partial charge in [-0.1, -0.05) is 35.5 Å². The van der Waals surface area contributed by atoms with E-state index in [9.17, 15) is 14.9 Å². The van der Waals surface area contributed by atoms with E-state index < -0.39 is 4.92 Å². The molecule has 1 aromatic heterocycles. The fourth-order valence-corrected chi connectivity index (χ4v) is 4.55. The Morgan fingerprint density at radius 3 is 2.88 bits per heavy atom. The third-order valence-electron chi connectivity index (χ3n) is 3.62. The van der Waals surface area contributed by atoms with Crippen LogP contribution in [0.25, 0.3) is 10.2 Å². The Labute approximate surface area is 162 Å². The van der Waals surface area contributed by atoms with Gasteiger partial charge in [-0.25, -0.2) is 4.98 Å². The van der Waals surface area contributed by atoms with Crippen LogP contribution in [-0.2, 0) is 11.3 Å². The van der Waals surface area contributed by atoms with Crippen LogP contribution in [0.15, 0.2) is 46.8 Å². The topological polar surface area (TPSA) is 76.3 Å². The van der Waals surface area contributed by atoms with E-state index in [4.69, 9.17) is 11.6 Å². The van der Waals surface area contributed by atoms with Crippen molar-refractivity contribution in [2.24, 2.45) is 0 Å². The second-order valence-electron chi connectivity index (χ2n) is 5.56. The van der Waals surface area contributed by atoms with E-state index in [-0.39, 0.29) is 17.3 Å². The second kappa shape index (κ2) is 8.03. The zero-order valence-electron chi connectivity index (χ0n) is 13.7. The lowest BCUT2D eigenvalue weighted by molar-refractivity contribution is -0.384. The molecule has 0 N–H and O–H groups in total. The summed E-state index contributed by atoms with van der Waals surface area (Å²) in [6.07, 6.45) is 0. The molecule has 3 aromatic rings. The lowest BCUT2D eigenvalue weighted by atomic mass is 10.2. The maximum absolute atomic E-state index is 12.3. The normalized spacial score (nSPS) is 10.8. The summed E-state index contributed by atoms with van der Waals surface area (Å²) < 4.78 is 1.45. The van der Waals surface area contributed by atoms with Crippen molar-refractivity contribution in [2.45, 2.75) is 10.9 Å². The number of aromatic nitrogens is 1. The van der Waals surface area contributed by atoms with Crippen LogP contribution < -0.4 is 0 Å². The largest absolute Gasteiger partial charge is 0.341 e. The molecule has 0 aliphatic rings. The number of halogens is 1. The first kappa shape index (κ1) is 18.6. The number of nitro benzene ring substituents is 1. The second-order valence-corrected chi connectivity index (χ2v) is 8.25. The van der Waals surface area contributed by atoms with Crippen LogP contribution in [0.1, 0.15) is 5.56 Å². The Morgan fingerprint density at radius 1 is 1.35 bits per heavy atom. The first-order valence-corrected chi connectivity index (χ1v) is 9.76. The molecule has 0 fully saturated rings. The summed E-state index contributed by atoms with van der Waals surface area (Å²) in [5, 5.41) is 11.5. The molecule has 9 heteroatoms. The quantitative estimate of drug-likeness (QED) is 0.339. The van der Waals surface area contributed by atoms with Crippen LogP contribution in [0.2, 0.25) is 5.02 Å². The molecule has 0 aliphatic heterocycles. The molecule has 0 unspecified atom stereocenters. The minimum absolute atomic E-state index is 0.0276. The number of amides is 1. The molecule has 134 valence electrons. The summed E-state index contributed by atoms with van der Waals surface area (Å²) in [6.45, 7) is 0.478. The third kappa shape index (κ3) is 4.51. The molecule has 0 radical (unpaired) electrons. The summed E-state index contributed by atoms with van der Waals surface area (Å²) in [6, 6.07) is 12.0. The van der Waals surface area contributed by atoms with Gasteiger partial charge in [-0.15, -0.1) is 11.3 Å². The number of rotatable bonds is 6. The Morgan fingerprint density at radius 2 is 2.15 bits per heavy atom. The Kier molecular flexibility index (Phi) is 5.75. The molecule has 0 aliphatic carbocycles. The molecule has 1 amide bonds. The number of nitro groups is 1. The monoisotopic (exact) mass is 407 g/mol. The van der Waals surface area contributed by atoms with Crippen LogP contribution in [0.5, 0.6) is 0 Å². The molecule has 0 saturated heterocycles. The fourth-order valence-electron chi connectivity index (χ4n) is 2.30. The predicted octanol–water partition coefficient (Wildman–Crippen LogP) is 4.61. The summed E-state index contributed by atoms with van der Waals surface area (Å²) in [5.41, 5.74) is 1.70. The highest BCUT2D eigenvalue weighted by Crippen LogP contribution is 2.31. The number of hydrogen-bond acceptors (Lipinski definition) is 6. The highest BCUT2D eigenvalue weighted by atomic mass is 35.5. The number of nitrogens with zero attached hydrogens (tertiary/aromatic N) is 3. The van der Waals surface area contributed by atoms with E-state index >= 15 is 0 Å². The molecule has 2 aromatic carbocycles. The summed E-state index contributed by atoms with van der Waals surface area (Å²) in [7, 11) is 1.74. The number of fused-ring (bicyclic) bond motifs is 1. The van der Waals surface area contributed by atoms with Crippen molar-refractivity contribution in [1.82, 2.24) is 9.88 Å². The highest BCUT2D eigenvalue weighted by molar-refractivity contribution is 8.01. The van der Waals surface area contributed by atoms with E-state index in [0.29, 0.717) is 21.4 Å². The average molecular weight is 408 g/mol. The predicted molar refractivity (Wildman–Crippen MR) is 105 cm³/mol. The van der Waals surface area contributed by atoms with Crippen molar-refractivity contribution in [1.29, 1.82) is 0 Å². The van der Waals surface area contributed by atoms with Crippen LogP contribution in [0.4, 0.5) is 5.69 Å². The Hall–Kier alpha value is -2.16. The SMILES string of the molecule is CN(Cc1cccc(Cl)c1)C(=O)CSc1nc2ccc([N+](=O)[O-])cc2s1. The van der Waals surface area contributed by atoms with Crippen molar-refractivity contribution < 1.29 is 9.72 Å². The molecule has 0 atom stereocenters. The van der Waals surface area contributed by atoms with Gasteiger partial charge in [0, 0.05) is 30.7 Å². The van der Waals surface area contributed by atoms with Crippen molar-refractivity contribution in [3.05, 3.63) is 63.2 Å². The molecule has 0 bridgehead atoms. The number of carbonyl (C=O) groups excluding carboxylic acids is 1. The number of thioether (sulfide) groups is 1. The van der Waals surface area contributed by atoms with E-state index in [2.05, 4.69) is 4.98 Å². The van der Waals surface area contributed by atoms with Gasteiger partial charge in [0.1, 0.15) is 0 Å². The van der Waals surface area contributed by atoms with Gasteiger partial charge in [-0.05, 0) is 23.8 Å². The van der Waals surface area contributed by atoms with E-state index in [1.54, 1.807) is 24.1 Å². The maximum Gasteiger partial charge on any atom is 0.270 e. The van der Waals surface area contributed by atoms with Crippen molar-refractivity contribution in [3.63, 3.8) is 0 Å². The smallest absolute Gasteiger partial charge is 0.270 e. The van der Waals surface area contributed by atoms with E-state index in [1.165, 1.54) is 35.2 Å². The van der Waals surface area contributed by atoms with Crippen molar-refractivity contribution in [3.8, 4) is 0 Å². The average Bonchev–Trinajstić information content (AvgIpc) is 3.01. The molecular formula is C17H14ClN3O3S2. The summed E-state index contributed by atoms with van der Waals surface area (Å²) in [4.78, 5) is 28.8. The summed E-state index contributed by atoms with van der Waals surface area (Å²) >= 11 is 8.64. The number of thiazole rings is 1. The molecule has 0 saturated carbocycles. The zero-order valence-corrected chi connectivity index (χ0v) is 16.1. The van der Waals surface area contributed by atoms with Gasteiger partial charge in [-0.2, -0.15) is 0 Å². The van der Waals surface area contributed by atoms with E-state index in [0.717, 1.165) is 10.3 Å². The minimum atomic E-state index is -0.430. The van der Waals surface area contributed by atoms with Gasteiger partial charge in [-0.3, -0.25) is 14.9 Å². The van der Waals surface area contributed by atoms with Crippen LogP contribution in [-0.4, -0.2) is 33.5 Å². The zero-order chi connectivity index (χ0) is 18.7. The third-order valence-corrected chi connectivity index (χ3v) is 6.00. The number of benzene rings is 2. The van der Waals surface area contributed by atoms with Gasteiger partial charge < -0.3 is 4.90 Å². The number of non-ortho nitro benzene ring substituents is 1. The Balaban J connectivity index is 1.61. The van der Waals surface area contributed by atoms with Gasteiger partial charge in [0.2, 0.25) is 5.91 Å². The highest BCUT2D eigenvalue weighted by Gasteiger charge is 2.14. The van der Waals surface area contributed by atoms with Gasteiger partial charge >= 0.3 is 0 Å². The lowest BCUT2D eigenvalue weighted by Crippen LogP contribution is -2.27. The van der Waals surface area contributed by atoms with Crippen LogP contribution >= 0.6 is 34.7 Å². The minimum Gasteiger partial charge on any atom is -0.341 e. The first-order valence-electron chi connectivity index (χ1n) is 7.58. The van der Waals surface area contributed by atoms with Crippen molar-refractivity contribution >= 4 is 56.5 Å². The van der Waals surface area contributed by atoms with Gasteiger partial charge in [0.25, 0.3) is 5.69 Å². The van der Waals surface area contributed by atoms with Crippen LogP contribution in [0, 0.1) is 10.1 Å². The van der Waals surface area contributed by atoms with Gasteiger partial charge in [0.15, 0.2) is 4.34 Å². The molecular weight excluding hydrogens is 394 g/mol. The fraction of sp³-hybridized carbons (Fsp3) is 0.176. The molecule has 1 heterocycles. The summed E-state index contributed by atoms with van der Waals surface area (Å²) in [5.74, 6) is 0.221. The first-order chi connectivity index (χ1) is 12.4. The van der Waals surface area contributed by atoms with Crippen molar-refractivity contribution in [2.75, 3.05) is 12.8 Å². The molecule has 3 rings (SSSR count). The molecule has 0 spiro atoms. The standard InChI is InChI=1S/C17H14ClN3O3S2/c1-20(9-11-3-2-4-12(18)7-11)16(22)10-25-17-19-14-6-5-13(21(23)24)8-15(14)26-17/h2-8H,9-10H2,1H3. The maximum atomic E-state index is 12.3. The lowest BCUT2D eigenvalue weighted by Gasteiger charge is -2.16. The number of carbonyl (C=O) groups is 1. The van der Waals surface area contributed by atoms with E-state index in [1.807, 2.05) is 18.2 Å². The Bertz CT molecular complexity index is 977. The molecule has 26 heavy (non-hydrogen) atoms. The number of hydrogen-bond donors (Lipinski definition) is 0.